The summed E-state index contributed by atoms with van der Waals surface area (Å²) < 4.78 is 16.6. The third-order valence-corrected chi connectivity index (χ3v) is 10.5. The zero-order valence-corrected chi connectivity index (χ0v) is 38.8. The van der Waals surface area contributed by atoms with Crippen LogP contribution in [0, 0.1) is 0 Å². The molecule has 0 fully saturated rings. The van der Waals surface area contributed by atoms with Crippen molar-refractivity contribution < 1.29 is 28.6 Å². The lowest BCUT2D eigenvalue weighted by molar-refractivity contribution is -0.167. The number of hydrogen-bond donors (Lipinski definition) is 0. The average molecular weight is 825 g/mol. The number of hydrogen-bond acceptors (Lipinski definition) is 6. The molecule has 0 saturated carbocycles. The van der Waals surface area contributed by atoms with Crippen LogP contribution in [0.5, 0.6) is 0 Å². The van der Waals surface area contributed by atoms with Gasteiger partial charge in [0.25, 0.3) is 0 Å². The normalized spacial score (nSPS) is 12.5. The first kappa shape index (κ1) is 56.1. The maximum Gasteiger partial charge on any atom is 0.306 e. The molecule has 0 aromatic carbocycles. The number of allylic oxidation sites excluding steroid dienone is 10. The number of carbonyl (C=O) groups is 3. The Hall–Kier alpha value is -2.89. The van der Waals surface area contributed by atoms with Gasteiger partial charge in [-0.3, -0.25) is 14.4 Å². The lowest BCUT2D eigenvalue weighted by Gasteiger charge is -2.18. The molecule has 0 bridgehead atoms. The minimum Gasteiger partial charge on any atom is -0.462 e. The predicted octanol–water partition coefficient (Wildman–Crippen LogP) is 16.1. The van der Waals surface area contributed by atoms with Crippen LogP contribution in [0.15, 0.2) is 60.8 Å². The zero-order valence-electron chi connectivity index (χ0n) is 38.8. The van der Waals surface area contributed by atoms with Gasteiger partial charge in [0.2, 0.25) is 0 Å². The fourth-order valence-electron chi connectivity index (χ4n) is 6.82. The van der Waals surface area contributed by atoms with Gasteiger partial charge in [-0.15, -0.1) is 0 Å². The molecule has 0 aliphatic rings. The molecular weight excluding hydrogens is 733 g/mol. The molecule has 0 rings (SSSR count). The first-order valence-corrected chi connectivity index (χ1v) is 24.8. The Labute approximate surface area is 364 Å². The van der Waals surface area contributed by atoms with Crippen LogP contribution in [0.2, 0.25) is 0 Å². The van der Waals surface area contributed by atoms with Crippen LogP contribution >= 0.6 is 0 Å². The molecule has 0 aromatic heterocycles. The van der Waals surface area contributed by atoms with Crippen LogP contribution in [-0.2, 0) is 28.6 Å². The van der Waals surface area contributed by atoms with E-state index in [0.29, 0.717) is 19.3 Å². The summed E-state index contributed by atoms with van der Waals surface area (Å²) in [7, 11) is 0. The Morgan fingerprint density at radius 2 is 0.661 bits per heavy atom. The second kappa shape index (κ2) is 47.8. The molecule has 1 unspecified atom stereocenters. The minimum absolute atomic E-state index is 0.0732. The second-order valence-electron chi connectivity index (χ2n) is 16.4. The SMILES string of the molecule is CC/C=C\C/C=C\C/C=C\C/C=C\C/C=C\CCCCCCCCCCCCCC(=O)OCC(COC(=O)CCCCCCCC)OC(=O)CCCCCCCCCC. The van der Waals surface area contributed by atoms with E-state index in [4.69, 9.17) is 14.2 Å². The van der Waals surface area contributed by atoms with Crippen molar-refractivity contribution in [3.63, 3.8) is 0 Å². The lowest BCUT2D eigenvalue weighted by atomic mass is 10.0. The van der Waals surface area contributed by atoms with Gasteiger partial charge in [0.15, 0.2) is 6.10 Å². The van der Waals surface area contributed by atoms with E-state index in [-0.39, 0.29) is 31.1 Å². The highest BCUT2D eigenvalue weighted by Crippen LogP contribution is 2.15. The van der Waals surface area contributed by atoms with E-state index in [1.807, 2.05) is 0 Å². The van der Waals surface area contributed by atoms with Crippen molar-refractivity contribution in [3.05, 3.63) is 60.8 Å². The van der Waals surface area contributed by atoms with Gasteiger partial charge in [0.1, 0.15) is 13.2 Å². The standard InChI is InChI=1S/C53H92O6/c1-4-7-10-13-16-18-19-20-21-22-23-24-25-26-27-28-29-30-31-32-33-34-35-36-38-40-43-46-52(55)58-49-50(48-57-51(54)45-42-39-15-12-9-6-3)59-53(56)47-44-41-37-17-14-11-8-5-2/h7,10,16,18,20-21,23-24,26-27,50H,4-6,8-9,11-15,17,19,22,25,28-49H2,1-3H3/b10-7-,18-16-,21-20-,24-23-,27-26-. The first-order valence-electron chi connectivity index (χ1n) is 24.8. The Kier molecular flexibility index (Phi) is 45.4. The quantitative estimate of drug-likeness (QED) is 0.0263. The van der Waals surface area contributed by atoms with E-state index in [2.05, 4.69) is 81.5 Å². The molecule has 0 radical (unpaired) electrons. The first-order chi connectivity index (χ1) is 29.0. The maximum absolute atomic E-state index is 12.6. The largest absolute Gasteiger partial charge is 0.462 e. The van der Waals surface area contributed by atoms with Crippen LogP contribution in [-0.4, -0.2) is 37.2 Å². The van der Waals surface area contributed by atoms with Crippen molar-refractivity contribution in [2.45, 2.75) is 245 Å². The van der Waals surface area contributed by atoms with Crippen LogP contribution in [0.1, 0.15) is 239 Å². The van der Waals surface area contributed by atoms with Gasteiger partial charge in [0.05, 0.1) is 0 Å². The topological polar surface area (TPSA) is 78.9 Å². The molecule has 0 heterocycles. The highest BCUT2D eigenvalue weighted by atomic mass is 16.6. The summed E-state index contributed by atoms with van der Waals surface area (Å²) in [6, 6.07) is 0. The van der Waals surface area contributed by atoms with Crippen molar-refractivity contribution >= 4 is 17.9 Å². The van der Waals surface area contributed by atoms with Gasteiger partial charge < -0.3 is 14.2 Å². The molecule has 0 N–H and O–H groups in total. The van der Waals surface area contributed by atoms with E-state index in [0.717, 1.165) is 89.9 Å². The third kappa shape index (κ3) is 46.0. The lowest BCUT2D eigenvalue weighted by Crippen LogP contribution is -2.30. The van der Waals surface area contributed by atoms with E-state index >= 15 is 0 Å². The van der Waals surface area contributed by atoms with Gasteiger partial charge in [-0.1, -0.05) is 216 Å². The molecular formula is C53H92O6. The van der Waals surface area contributed by atoms with Crippen molar-refractivity contribution in [1.29, 1.82) is 0 Å². The number of rotatable bonds is 44. The molecule has 340 valence electrons. The molecule has 0 aromatic rings. The van der Waals surface area contributed by atoms with E-state index in [1.54, 1.807) is 0 Å². The smallest absolute Gasteiger partial charge is 0.306 e. The van der Waals surface area contributed by atoms with Gasteiger partial charge in [-0.25, -0.2) is 0 Å². The van der Waals surface area contributed by atoms with E-state index < -0.39 is 6.10 Å². The second-order valence-corrected chi connectivity index (χ2v) is 16.4. The molecule has 0 aliphatic carbocycles. The van der Waals surface area contributed by atoms with Gasteiger partial charge >= 0.3 is 17.9 Å². The fraction of sp³-hybridized carbons (Fsp3) is 0.755. The van der Waals surface area contributed by atoms with Crippen LogP contribution in [0.25, 0.3) is 0 Å². The number of unbranched alkanes of at least 4 members (excludes halogenated alkanes) is 23. The zero-order chi connectivity index (χ0) is 43.0. The number of esters is 3. The summed E-state index contributed by atoms with van der Waals surface area (Å²) in [5, 5.41) is 0. The summed E-state index contributed by atoms with van der Waals surface area (Å²) in [4.78, 5) is 37.5. The van der Waals surface area contributed by atoms with Crippen LogP contribution in [0.3, 0.4) is 0 Å². The highest BCUT2D eigenvalue weighted by molar-refractivity contribution is 5.71. The fourth-order valence-corrected chi connectivity index (χ4v) is 6.82. The van der Waals surface area contributed by atoms with Gasteiger partial charge in [0, 0.05) is 19.3 Å². The molecule has 6 heteroatoms. The van der Waals surface area contributed by atoms with Crippen molar-refractivity contribution in [2.75, 3.05) is 13.2 Å². The molecule has 0 spiro atoms. The van der Waals surface area contributed by atoms with Gasteiger partial charge in [-0.2, -0.15) is 0 Å². The van der Waals surface area contributed by atoms with E-state index in [1.165, 1.54) is 109 Å². The molecule has 0 amide bonds. The summed E-state index contributed by atoms with van der Waals surface area (Å²) in [5.41, 5.74) is 0. The van der Waals surface area contributed by atoms with Crippen molar-refractivity contribution in [1.82, 2.24) is 0 Å². The van der Waals surface area contributed by atoms with Crippen LogP contribution < -0.4 is 0 Å². The highest BCUT2D eigenvalue weighted by Gasteiger charge is 2.19. The van der Waals surface area contributed by atoms with Crippen molar-refractivity contribution in [2.24, 2.45) is 0 Å². The number of carbonyl (C=O) groups excluding carboxylic acids is 3. The Bertz CT molecular complexity index is 1090. The molecule has 0 aliphatic heterocycles. The Balaban J connectivity index is 4.01. The average Bonchev–Trinajstić information content (AvgIpc) is 3.23. The third-order valence-electron chi connectivity index (χ3n) is 10.5. The predicted molar refractivity (Wildman–Crippen MR) is 251 cm³/mol. The Morgan fingerprint density at radius 3 is 1.03 bits per heavy atom. The van der Waals surface area contributed by atoms with Gasteiger partial charge in [-0.05, 0) is 64.2 Å². The number of ether oxygens (including phenoxy) is 3. The molecule has 1 atom stereocenters. The van der Waals surface area contributed by atoms with E-state index in [9.17, 15) is 14.4 Å². The summed E-state index contributed by atoms with van der Waals surface area (Å²) in [5.74, 6) is -0.890. The summed E-state index contributed by atoms with van der Waals surface area (Å²) >= 11 is 0. The van der Waals surface area contributed by atoms with Crippen LogP contribution in [0.4, 0.5) is 0 Å². The molecule has 0 saturated heterocycles. The minimum atomic E-state index is -0.766. The monoisotopic (exact) mass is 825 g/mol. The summed E-state index contributed by atoms with van der Waals surface area (Å²) in [6.45, 7) is 6.43. The molecule has 6 nitrogen and oxygen atoms in total. The summed E-state index contributed by atoms with van der Waals surface area (Å²) in [6.07, 6.45) is 58.2. The molecule has 59 heavy (non-hydrogen) atoms. The van der Waals surface area contributed by atoms with Crippen molar-refractivity contribution in [3.8, 4) is 0 Å². The maximum atomic E-state index is 12.6. The Morgan fingerprint density at radius 1 is 0.356 bits per heavy atom.